The van der Waals surface area contributed by atoms with Gasteiger partial charge in [-0.2, -0.15) is 5.26 Å². The largest absolute Gasteiger partial charge is 0.480 e. The fraction of sp³-hybridized carbons (Fsp3) is 0.560. The van der Waals surface area contributed by atoms with Crippen molar-refractivity contribution in [2.45, 2.75) is 51.0 Å². The SMILES string of the molecule is N#Cc1nccnc1N[C@@H](CCN(CCCCc1ccc2c(n1)NCCC2)CCOCC(F)F)C(=O)O. The molecule has 1 aliphatic heterocycles. The number of anilines is 2. The van der Waals surface area contributed by atoms with Gasteiger partial charge in [0.2, 0.25) is 0 Å². The molecule has 0 amide bonds. The predicted molar refractivity (Wildman–Crippen MR) is 134 cm³/mol. The Kier molecular flexibility index (Phi) is 11.4. The molecule has 2 aromatic heterocycles. The van der Waals surface area contributed by atoms with Crippen LogP contribution in [0, 0.1) is 11.3 Å². The molecule has 0 saturated heterocycles. The highest BCUT2D eigenvalue weighted by Gasteiger charge is 2.21. The molecule has 12 heteroatoms. The zero-order chi connectivity index (χ0) is 26.5. The molecule has 0 aromatic carbocycles. The molecule has 10 nitrogen and oxygen atoms in total. The zero-order valence-electron chi connectivity index (χ0n) is 20.7. The summed E-state index contributed by atoms with van der Waals surface area (Å²) >= 11 is 0. The second-order valence-corrected chi connectivity index (χ2v) is 8.79. The Labute approximate surface area is 215 Å². The van der Waals surface area contributed by atoms with Crippen molar-refractivity contribution in [3.8, 4) is 6.07 Å². The lowest BCUT2D eigenvalue weighted by Crippen LogP contribution is -2.37. The number of aryl methyl sites for hydroxylation is 2. The second kappa shape index (κ2) is 15.0. The summed E-state index contributed by atoms with van der Waals surface area (Å²) < 4.78 is 29.9. The zero-order valence-corrected chi connectivity index (χ0v) is 20.7. The number of nitriles is 1. The Bertz CT molecular complexity index is 1050. The number of fused-ring (bicyclic) bond motifs is 1. The van der Waals surface area contributed by atoms with Crippen LogP contribution in [0.15, 0.2) is 24.5 Å². The molecular formula is C25H33F2N7O3. The lowest BCUT2D eigenvalue weighted by molar-refractivity contribution is -0.138. The first-order chi connectivity index (χ1) is 18.0. The molecule has 1 aliphatic rings. The number of hydrogen-bond acceptors (Lipinski definition) is 9. The van der Waals surface area contributed by atoms with Crippen LogP contribution in [0.3, 0.4) is 0 Å². The average molecular weight is 518 g/mol. The van der Waals surface area contributed by atoms with Crippen LogP contribution in [-0.2, 0) is 22.4 Å². The van der Waals surface area contributed by atoms with Gasteiger partial charge in [-0.15, -0.1) is 0 Å². The van der Waals surface area contributed by atoms with E-state index in [0.717, 1.165) is 50.2 Å². The van der Waals surface area contributed by atoms with Gasteiger partial charge in [-0.05, 0) is 56.7 Å². The fourth-order valence-electron chi connectivity index (χ4n) is 4.11. The summed E-state index contributed by atoms with van der Waals surface area (Å²) in [5.74, 6) is -0.0109. The minimum atomic E-state index is -2.53. The Balaban J connectivity index is 1.52. The Morgan fingerprint density at radius 3 is 2.86 bits per heavy atom. The topological polar surface area (TPSA) is 136 Å². The summed E-state index contributed by atoms with van der Waals surface area (Å²) in [6.45, 7) is 1.87. The summed E-state index contributed by atoms with van der Waals surface area (Å²) in [4.78, 5) is 26.5. The highest BCUT2D eigenvalue weighted by Crippen LogP contribution is 2.20. The minimum absolute atomic E-state index is 0.0111. The average Bonchev–Trinajstić information content (AvgIpc) is 2.90. The summed E-state index contributed by atoms with van der Waals surface area (Å²) in [7, 11) is 0. The van der Waals surface area contributed by atoms with E-state index in [9.17, 15) is 23.9 Å². The maximum atomic E-state index is 12.4. The quantitative estimate of drug-likeness (QED) is 0.285. The number of unbranched alkanes of at least 4 members (excludes halogenated alkanes) is 1. The lowest BCUT2D eigenvalue weighted by Gasteiger charge is -2.24. The third-order valence-electron chi connectivity index (χ3n) is 6.05. The molecule has 0 aliphatic carbocycles. The van der Waals surface area contributed by atoms with Crippen molar-refractivity contribution < 1.29 is 23.4 Å². The van der Waals surface area contributed by atoms with Gasteiger partial charge in [-0.25, -0.2) is 28.5 Å². The van der Waals surface area contributed by atoms with Crippen LogP contribution in [0.4, 0.5) is 20.4 Å². The van der Waals surface area contributed by atoms with E-state index < -0.39 is 25.0 Å². The molecule has 200 valence electrons. The van der Waals surface area contributed by atoms with Crippen molar-refractivity contribution >= 4 is 17.6 Å². The Hall–Kier alpha value is -3.43. The van der Waals surface area contributed by atoms with Crippen molar-refractivity contribution in [1.82, 2.24) is 19.9 Å². The first kappa shape index (κ1) is 28.1. The van der Waals surface area contributed by atoms with Crippen molar-refractivity contribution in [2.75, 3.05) is 50.0 Å². The van der Waals surface area contributed by atoms with Gasteiger partial charge < -0.3 is 25.4 Å². The van der Waals surface area contributed by atoms with E-state index >= 15 is 0 Å². The highest BCUT2D eigenvalue weighted by atomic mass is 19.3. The van der Waals surface area contributed by atoms with Crippen LogP contribution in [0.2, 0.25) is 0 Å². The molecule has 3 heterocycles. The third-order valence-corrected chi connectivity index (χ3v) is 6.05. The van der Waals surface area contributed by atoms with Crippen LogP contribution in [0.5, 0.6) is 0 Å². The van der Waals surface area contributed by atoms with Gasteiger partial charge in [0.1, 0.15) is 24.5 Å². The number of ether oxygens (including phenoxy) is 1. The van der Waals surface area contributed by atoms with E-state index in [4.69, 9.17) is 9.72 Å². The van der Waals surface area contributed by atoms with E-state index in [0.29, 0.717) is 19.6 Å². The smallest absolute Gasteiger partial charge is 0.326 e. The molecule has 1 atom stereocenters. The minimum Gasteiger partial charge on any atom is -0.480 e. The van der Waals surface area contributed by atoms with Gasteiger partial charge in [0, 0.05) is 37.7 Å². The van der Waals surface area contributed by atoms with Crippen LogP contribution >= 0.6 is 0 Å². The van der Waals surface area contributed by atoms with Crippen LogP contribution < -0.4 is 10.6 Å². The van der Waals surface area contributed by atoms with Crippen LogP contribution in [0.25, 0.3) is 0 Å². The highest BCUT2D eigenvalue weighted by molar-refractivity contribution is 5.77. The normalized spacial score (nSPS) is 13.6. The first-order valence-corrected chi connectivity index (χ1v) is 12.5. The molecule has 0 bridgehead atoms. The van der Waals surface area contributed by atoms with Gasteiger partial charge in [-0.1, -0.05) is 6.07 Å². The first-order valence-electron chi connectivity index (χ1n) is 12.5. The monoisotopic (exact) mass is 517 g/mol. The van der Waals surface area contributed by atoms with E-state index in [2.05, 4.69) is 32.7 Å². The van der Waals surface area contributed by atoms with Crippen molar-refractivity contribution in [1.29, 1.82) is 5.26 Å². The number of carboxylic acid groups (broad SMARTS) is 1. The molecule has 0 radical (unpaired) electrons. The van der Waals surface area contributed by atoms with Crippen LogP contribution in [0.1, 0.15) is 42.6 Å². The van der Waals surface area contributed by atoms with Gasteiger partial charge in [-0.3, -0.25) is 0 Å². The van der Waals surface area contributed by atoms with Gasteiger partial charge in [0.15, 0.2) is 11.5 Å². The van der Waals surface area contributed by atoms with E-state index in [1.165, 1.54) is 18.0 Å². The number of nitrogens with zero attached hydrogens (tertiary/aromatic N) is 5. The summed E-state index contributed by atoms with van der Waals surface area (Å²) in [5.41, 5.74) is 2.28. The number of nitrogens with one attached hydrogen (secondary N) is 2. The molecular weight excluding hydrogens is 484 g/mol. The van der Waals surface area contributed by atoms with E-state index in [1.807, 2.05) is 11.0 Å². The maximum Gasteiger partial charge on any atom is 0.326 e. The second-order valence-electron chi connectivity index (χ2n) is 8.79. The number of alkyl halides is 2. The third kappa shape index (κ3) is 9.51. The van der Waals surface area contributed by atoms with Gasteiger partial charge in [0.05, 0.1) is 6.61 Å². The maximum absolute atomic E-state index is 12.4. The van der Waals surface area contributed by atoms with E-state index in [-0.39, 0.29) is 24.5 Å². The Morgan fingerprint density at radius 1 is 1.24 bits per heavy atom. The van der Waals surface area contributed by atoms with E-state index in [1.54, 1.807) is 0 Å². The number of carboxylic acids is 1. The summed E-state index contributed by atoms with van der Waals surface area (Å²) in [5, 5.41) is 25.0. The molecule has 37 heavy (non-hydrogen) atoms. The standard InChI is InChI=1S/C25H33F2N7O3/c26-22(27)17-37-15-14-34(12-2-1-5-19-7-6-18-4-3-9-30-23(18)32-19)13-8-20(25(35)36)33-24-21(16-28)29-10-11-31-24/h6-7,10-11,20,22H,1-5,8-9,12-15,17H2,(H,30,32)(H,31,33)(H,35,36)/t20-/m0/s1. The lowest BCUT2D eigenvalue weighted by atomic mass is 10.1. The number of aromatic nitrogens is 3. The molecule has 3 rings (SSSR count). The molecule has 0 saturated carbocycles. The van der Waals surface area contributed by atoms with Crippen molar-refractivity contribution in [3.05, 3.63) is 41.5 Å². The number of hydrogen-bond donors (Lipinski definition) is 3. The van der Waals surface area contributed by atoms with Crippen molar-refractivity contribution in [2.24, 2.45) is 0 Å². The number of halogens is 2. The Morgan fingerprint density at radius 2 is 2.08 bits per heavy atom. The molecule has 0 unspecified atom stereocenters. The molecule has 0 spiro atoms. The van der Waals surface area contributed by atoms with Gasteiger partial charge in [0.25, 0.3) is 6.43 Å². The number of pyridine rings is 1. The number of aliphatic carboxylic acids is 1. The summed E-state index contributed by atoms with van der Waals surface area (Å²) in [6, 6.07) is 5.08. The molecule has 0 fully saturated rings. The number of rotatable bonds is 16. The summed E-state index contributed by atoms with van der Waals surface area (Å²) in [6.07, 6.45) is 5.09. The molecule has 3 N–H and O–H groups in total. The van der Waals surface area contributed by atoms with Crippen LogP contribution in [-0.4, -0.2) is 82.8 Å². The predicted octanol–water partition coefficient (Wildman–Crippen LogP) is 2.96. The molecule has 2 aromatic rings. The number of carbonyl (C=O) groups is 1. The van der Waals surface area contributed by atoms with Gasteiger partial charge >= 0.3 is 5.97 Å². The van der Waals surface area contributed by atoms with Crippen molar-refractivity contribution in [3.63, 3.8) is 0 Å². The fourth-order valence-corrected chi connectivity index (χ4v) is 4.11.